The highest BCUT2D eigenvalue weighted by Gasteiger charge is 2.49. The lowest BCUT2D eigenvalue weighted by molar-refractivity contribution is -0.0500. The van der Waals surface area contributed by atoms with Crippen LogP contribution < -0.4 is 4.18 Å². The minimum absolute atomic E-state index is 0.128. The molecule has 0 bridgehead atoms. The maximum atomic E-state index is 12.4. The van der Waals surface area contributed by atoms with Crippen LogP contribution in [0.15, 0.2) is 195 Å². The Kier molecular flexibility index (Phi) is 31.3. The molecule has 0 fully saturated rings. The number of terminal acetylenes is 1. The minimum Gasteiger partial charge on any atom is -0.375 e. The zero-order chi connectivity index (χ0) is 73.1. The summed E-state index contributed by atoms with van der Waals surface area (Å²) < 4.78 is 69.9. The Morgan fingerprint density at radius 3 is 1.19 bits per heavy atom. The van der Waals surface area contributed by atoms with Crippen molar-refractivity contribution in [2.75, 3.05) is 0 Å². The summed E-state index contributed by atoms with van der Waals surface area (Å²) in [6.45, 7) is 6.84. The normalized spacial score (nSPS) is 11.5. The highest BCUT2D eigenvalue weighted by molar-refractivity contribution is 9.10. The van der Waals surface area contributed by atoms with E-state index in [4.69, 9.17) is 6.42 Å². The lowest BCUT2D eigenvalue weighted by Gasteiger charge is -2.11. The molecule has 4 aromatic heterocycles. The standard InChI is InChI=1S/C30H31BrS.C30H32S2.C18H26.C13H6BrF3O3S2/c1-2-3-4-5-6-7-8-9-10-23-11-13-24(14-12-23)15-16-25-19-27-20-26-17-18-32-30(26)22-28(27)21-29(25)31;1-2-3-4-5-6-7-8-9-10-22-11-13-23(14-12-22)29-21-27-18-25-17-24-15-16-31-28(24)19-26(25)20-30(27)32-29;1-3-5-6-7-8-9-10-11-12-18-15-13-17(4-2)14-16-18;14-10-4-9-6-12-7(1-2-21-12)3-8(9)5-11(10)20-22(18,19)13(15,16)17/h11-14,17-22H,2-10H2,1H3;11-21H,2-10H2,1H3;2,13-16H,3,5-12H2,1H3;1-6H. The van der Waals surface area contributed by atoms with Gasteiger partial charge >= 0.3 is 15.6 Å². The van der Waals surface area contributed by atoms with Crippen molar-refractivity contribution < 1.29 is 25.8 Å². The Morgan fingerprint density at radius 2 is 0.750 bits per heavy atom. The Bertz CT molecular complexity index is 5020. The number of fused-ring (bicyclic) bond motifs is 7. The molecule has 0 radical (unpaired) electrons. The van der Waals surface area contributed by atoms with Crippen LogP contribution in [0.5, 0.6) is 5.75 Å². The van der Waals surface area contributed by atoms with E-state index in [1.165, 1.54) is 276 Å². The molecule has 0 aliphatic rings. The molecule has 0 saturated heterocycles. The molecule has 0 unspecified atom stereocenters. The summed E-state index contributed by atoms with van der Waals surface area (Å²) in [5.74, 6) is 8.97. The molecule has 104 heavy (non-hydrogen) atoms. The maximum Gasteiger partial charge on any atom is 0.534 e. The molecule has 0 aliphatic heterocycles. The Morgan fingerprint density at radius 1 is 0.385 bits per heavy atom. The summed E-state index contributed by atoms with van der Waals surface area (Å²) in [7, 11) is -5.70. The van der Waals surface area contributed by atoms with Crippen LogP contribution in [-0.4, -0.2) is 13.9 Å². The molecule has 542 valence electrons. The van der Waals surface area contributed by atoms with Crippen molar-refractivity contribution >= 4 is 160 Å². The van der Waals surface area contributed by atoms with Crippen LogP contribution in [0.3, 0.4) is 0 Å². The van der Waals surface area contributed by atoms with Crippen molar-refractivity contribution in [2.45, 2.75) is 200 Å². The fourth-order valence-corrected chi connectivity index (χ4v) is 18.1. The zero-order valence-corrected chi connectivity index (χ0v) is 67.5. The molecule has 3 nitrogen and oxygen atoms in total. The summed E-state index contributed by atoms with van der Waals surface area (Å²) in [6.07, 6.45) is 42.0. The van der Waals surface area contributed by atoms with Gasteiger partial charge in [-0.1, -0.05) is 222 Å². The van der Waals surface area contributed by atoms with E-state index in [2.05, 4.69) is 213 Å². The molecule has 13 rings (SSSR count). The van der Waals surface area contributed by atoms with Gasteiger partial charge in [0, 0.05) is 44.8 Å². The van der Waals surface area contributed by atoms with Gasteiger partial charge in [-0.2, -0.15) is 21.6 Å². The first kappa shape index (κ1) is 79.8. The molecule has 13 aromatic rings. The van der Waals surface area contributed by atoms with E-state index in [1.54, 1.807) is 17.4 Å². The Labute approximate surface area is 648 Å². The third kappa shape index (κ3) is 23.9. The first-order valence-electron chi connectivity index (χ1n) is 37.4. The van der Waals surface area contributed by atoms with Gasteiger partial charge in [0.25, 0.3) is 0 Å². The lowest BCUT2D eigenvalue weighted by atomic mass is 10.0. The fraction of sp³-hybridized carbons (Fsp3) is 0.341. The first-order valence-corrected chi connectivity index (χ1v) is 43.8. The van der Waals surface area contributed by atoms with Gasteiger partial charge in [0.05, 0.1) is 4.47 Å². The SMILES string of the molecule is C#Cc1ccc(CCCCCCCCCC)cc1.CCCCCCCCCCc1ccc(-c2cc3cc4cc5ccsc5cc4cc3s2)cc1.CCCCCCCCCCc1ccc(C#Cc2cc3cc4ccsc4cc3cc2Br)cc1.O=S(=O)(Oc1cc2cc3ccsc3cc2cc1Br)C(F)(F)F. The van der Waals surface area contributed by atoms with E-state index in [1.807, 2.05) is 52.3 Å². The summed E-state index contributed by atoms with van der Waals surface area (Å²) in [4.78, 5) is 1.37. The molecule has 4 heterocycles. The van der Waals surface area contributed by atoms with Gasteiger partial charge in [-0.25, -0.2) is 0 Å². The van der Waals surface area contributed by atoms with E-state index in [9.17, 15) is 21.6 Å². The molecule has 0 spiro atoms. The third-order valence-corrected chi connectivity index (χ3v) is 25.1. The van der Waals surface area contributed by atoms with Crippen LogP contribution in [-0.2, 0) is 29.4 Å². The molecule has 0 N–H and O–H groups in total. The average Bonchev–Trinajstić information content (AvgIpc) is 1.69. The zero-order valence-electron chi connectivity index (χ0n) is 60.2. The van der Waals surface area contributed by atoms with Crippen molar-refractivity contribution in [2.24, 2.45) is 0 Å². The summed E-state index contributed by atoms with van der Waals surface area (Å²) >= 11 is 13.8. The molecule has 13 heteroatoms. The predicted octanol–water partition coefficient (Wildman–Crippen LogP) is 30.9. The predicted molar refractivity (Wildman–Crippen MR) is 456 cm³/mol. The Hall–Kier alpha value is -6.78. The molecule has 0 amide bonds. The minimum atomic E-state index is -5.70. The van der Waals surface area contributed by atoms with E-state index in [0.717, 1.165) is 36.6 Å². The van der Waals surface area contributed by atoms with Crippen LogP contribution >= 0.6 is 77.2 Å². The van der Waals surface area contributed by atoms with Crippen LogP contribution in [0.4, 0.5) is 13.2 Å². The summed E-state index contributed by atoms with van der Waals surface area (Å²) in [5.41, 5.74) is 3.28. The third-order valence-electron chi connectivity index (χ3n) is 19.1. The number of thiophene rings is 4. The van der Waals surface area contributed by atoms with Crippen molar-refractivity contribution in [3.8, 4) is 40.4 Å². The number of alkyl halides is 3. The topological polar surface area (TPSA) is 43.4 Å². The second kappa shape index (κ2) is 40.8. The quantitative estimate of drug-likeness (QED) is 0.0195. The number of hydrogen-bond acceptors (Lipinski definition) is 7. The average molecular weight is 1610 g/mol. The van der Waals surface area contributed by atoms with Crippen molar-refractivity contribution in [3.63, 3.8) is 0 Å². The molecule has 9 aromatic carbocycles. The van der Waals surface area contributed by atoms with Gasteiger partial charge in [-0.15, -0.1) is 51.8 Å². The Balaban J connectivity index is 0.000000153. The number of unbranched alkanes of at least 4 members (excludes halogenated alkanes) is 21. The number of rotatable bonds is 30. The van der Waals surface area contributed by atoms with E-state index in [0.29, 0.717) is 5.39 Å². The number of halogens is 5. The molecular weight excluding hydrogens is 1520 g/mol. The van der Waals surface area contributed by atoms with Gasteiger partial charge in [-0.3, -0.25) is 0 Å². The monoisotopic (exact) mass is 1610 g/mol. The number of benzene rings is 9. The smallest absolute Gasteiger partial charge is 0.375 e. The largest absolute Gasteiger partial charge is 0.534 e. The van der Waals surface area contributed by atoms with Gasteiger partial charge < -0.3 is 4.18 Å². The van der Waals surface area contributed by atoms with Gasteiger partial charge in [0.2, 0.25) is 0 Å². The number of hydrogen-bond donors (Lipinski definition) is 0. The van der Waals surface area contributed by atoms with Crippen LogP contribution in [0.25, 0.3) is 83.1 Å². The summed E-state index contributed by atoms with van der Waals surface area (Å²) in [5, 5.41) is 17.7. The van der Waals surface area contributed by atoms with Gasteiger partial charge in [0.1, 0.15) is 0 Å². The summed E-state index contributed by atoms with van der Waals surface area (Å²) in [6, 6.07) is 59.9. The molecule has 0 saturated carbocycles. The van der Waals surface area contributed by atoms with E-state index >= 15 is 0 Å². The second-order valence-corrected chi connectivity index (χ2v) is 34.4. The molecular formula is C91H95Br2F3O3S5. The van der Waals surface area contributed by atoms with Crippen molar-refractivity contribution in [1.29, 1.82) is 0 Å². The van der Waals surface area contributed by atoms with Crippen LogP contribution in [0, 0.1) is 24.2 Å². The van der Waals surface area contributed by atoms with Crippen molar-refractivity contribution in [1.82, 2.24) is 0 Å². The number of aryl methyl sites for hydroxylation is 3. The molecule has 0 atom stereocenters. The van der Waals surface area contributed by atoms with Gasteiger partial charge in [0.15, 0.2) is 5.75 Å². The highest BCUT2D eigenvalue weighted by Crippen LogP contribution is 2.40. The second-order valence-electron chi connectivity index (χ2n) is 27.2. The molecule has 0 aliphatic carbocycles. The van der Waals surface area contributed by atoms with Crippen LogP contribution in [0.1, 0.15) is 208 Å². The van der Waals surface area contributed by atoms with Crippen molar-refractivity contribution in [3.05, 3.63) is 228 Å². The van der Waals surface area contributed by atoms with E-state index < -0.39 is 21.4 Å². The van der Waals surface area contributed by atoms with Gasteiger partial charge in [-0.05, 0) is 284 Å². The highest BCUT2D eigenvalue weighted by atomic mass is 79.9. The fourth-order valence-electron chi connectivity index (χ4n) is 13.0. The lowest BCUT2D eigenvalue weighted by Crippen LogP contribution is -2.28. The maximum absolute atomic E-state index is 12.4. The van der Waals surface area contributed by atoms with E-state index in [-0.39, 0.29) is 4.47 Å². The van der Waals surface area contributed by atoms with Crippen LogP contribution in [0.2, 0.25) is 0 Å². The first-order chi connectivity index (χ1) is 50.6.